The van der Waals surface area contributed by atoms with E-state index in [-0.39, 0.29) is 11.9 Å². The minimum absolute atomic E-state index is 0.118. The van der Waals surface area contributed by atoms with Crippen molar-refractivity contribution in [2.75, 3.05) is 0 Å². The Morgan fingerprint density at radius 3 is 2.65 bits per heavy atom. The summed E-state index contributed by atoms with van der Waals surface area (Å²) in [6, 6.07) is 12.8. The SMILES string of the molecule is CC(NC(=O)c1cc(Br)ccc1Br)c1cccc(Cl)c1. The molecule has 1 N–H and O–H groups in total. The first-order chi connectivity index (χ1) is 9.47. The van der Waals surface area contributed by atoms with Crippen LogP contribution in [0.1, 0.15) is 28.9 Å². The second kappa shape index (κ2) is 6.74. The molecule has 2 nitrogen and oxygen atoms in total. The van der Waals surface area contributed by atoms with Gasteiger partial charge in [0.1, 0.15) is 0 Å². The predicted molar refractivity (Wildman–Crippen MR) is 89.2 cm³/mol. The van der Waals surface area contributed by atoms with E-state index >= 15 is 0 Å². The maximum absolute atomic E-state index is 12.3. The second-order valence-corrected chi connectivity index (χ2v) is 6.58. The van der Waals surface area contributed by atoms with Crippen LogP contribution < -0.4 is 5.32 Å². The molecule has 0 spiro atoms. The van der Waals surface area contributed by atoms with Crippen LogP contribution in [-0.2, 0) is 0 Å². The Labute approximate surface area is 139 Å². The zero-order valence-corrected chi connectivity index (χ0v) is 14.6. The highest BCUT2D eigenvalue weighted by Gasteiger charge is 2.14. The van der Waals surface area contributed by atoms with Gasteiger partial charge in [-0.05, 0) is 58.7 Å². The molecule has 0 aliphatic rings. The quantitative estimate of drug-likeness (QED) is 0.716. The molecule has 2 rings (SSSR count). The van der Waals surface area contributed by atoms with E-state index in [0.717, 1.165) is 14.5 Å². The van der Waals surface area contributed by atoms with Gasteiger partial charge in [0.05, 0.1) is 11.6 Å². The Morgan fingerprint density at radius 1 is 1.20 bits per heavy atom. The zero-order chi connectivity index (χ0) is 14.7. The molecule has 0 heterocycles. The highest BCUT2D eigenvalue weighted by Crippen LogP contribution is 2.23. The van der Waals surface area contributed by atoms with Crippen LogP contribution in [0.2, 0.25) is 5.02 Å². The highest BCUT2D eigenvalue weighted by molar-refractivity contribution is 9.11. The van der Waals surface area contributed by atoms with E-state index in [1.54, 1.807) is 6.07 Å². The smallest absolute Gasteiger partial charge is 0.252 e. The molecule has 0 saturated carbocycles. The minimum Gasteiger partial charge on any atom is -0.345 e. The molecular formula is C15H12Br2ClNO. The summed E-state index contributed by atoms with van der Waals surface area (Å²) in [5.74, 6) is -0.134. The lowest BCUT2D eigenvalue weighted by Crippen LogP contribution is -2.26. The van der Waals surface area contributed by atoms with Crippen LogP contribution in [0.15, 0.2) is 51.4 Å². The van der Waals surface area contributed by atoms with Crippen molar-refractivity contribution < 1.29 is 4.79 Å². The summed E-state index contributed by atoms with van der Waals surface area (Å²) in [4.78, 5) is 12.3. The van der Waals surface area contributed by atoms with Gasteiger partial charge in [-0.1, -0.05) is 39.7 Å². The van der Waals surface area contributed by atoms with Crippen molar-refractivity contribution in [1.29, 1.82) is 0 Å². The third-order valence-electron chi connectivity index (χ3n) is 2.87. The van der Waals surface area contributed by atoms with Crippen LogP contribution >= 0.6 is 43.5 Å². The Kier molecular flexibility index (Phi) is 5.24. The molecule has 104 valence electrons. The van der Waals surface area contributed by atoms with E-state index in [2.05, 4.69) is 37.2 Å². The lowest BCUT2D eigenvalue weighted by Gasteiger charge is -2.15. The Hall–Kier alpha value is -0.840. The molecule has 0 saturated heterocycles. The van der Waals surface area contributed by atoms with Crippen molar-refractivity contribution in [3.8, 4) is 0 Å². The predicted octanol–water partition coefficient (Wildman–Crippen LogP) is 5.36. The maximum Gasteiger partial charge on any atom is 0.252 e. The van der Waals surface area contributed by atoms with Crippen molar-refractivity contribution in [3.63, 3.8) is 0 Å². The molecule has 0 fully saturated rings. The molecule has 1 atom stereocenters. The lowest BCUT2D eigenvalue weighted by atomic mass is 10.1. The van der Waals surface area contributed by atoms with Crippen LogP contribution in [0, 0.1) is 0 Å². The van der Waals surface area contributed by atoms with Gasteiger partial charge < -0.3 is 5.32 Å². The van der Waals surface area contributed by atoms with E-state index in [9.17, 15) is 4.79 Å². The van der Waals surface area contributed by atoms with Crippen LogP contribution in [0.25, 0.3) is 0 Å². The number of carbonyl (C=O) groups is 1. The standard InChI is InChI=1S/C15H12Br2ClNO/c1-9(10-3-2-4-12(18)7-10)19-15(20)13-8-11(16)5-6-14(13)17/h2-9H,1H3,(H,19,20). The number of rotatable bonds is 3. The fourth-order valence-electron chi connectivity index (χ4n) is 1.81. The van der Waals surface area contributed by atoms with Gasteiger partial charge in [0.2, 0.25) is 0 Å². The summed E-state index contributed by atoms with van der Waals surface area (Å²) in [5, 5.41) is 3.62. The Morgan fingerprint density at radius 2 is 1.95 bits per heavy atom. The van der Waals surface area contributed by atoms with E-state index in [0.29, 0.717) is 10.6 Å². The van der Waals surface area contributed by atoms with E-state index in [1.165, 1.54) is 0 Å². The molecule has 0 aliphatic carbocycles. The first-order valence-corrected chi connectivity index (χ1v) is 7.95. The van der Waals surface area contributed by atoms with Gasteiger partial charge in [-0.15, -0.1) is 0 Å². The largest absolute Gasteiger partial charge is 0.345 e. The summed E-state index contributed by atoms with van der Waals surface area (Å²) in [6.45, 7) is 1.93. The van der Waals surface area contributed by atoms with Gasteiger partial charge in [-0.25, -0.2) is 0 Å². The zero-order valence-electron chi connectivity index (χ0n) is 10.7. The Bertz CT molecular complexity index is 646. The lowest BCUT2D eigenvalue weighted by molar-refractivity contribution is 0.0939. The third-order valence-corrected chi connectivity index (χ3v) is 4.29. The van der Waals surface area contributed by atoms with Gasteiger partial charge in [-0.3, -0.25) is 4.79 Å². The van der Waals surface area contributed by atoms with Crippen molar-refractivity contribution in [2.24, 2.45) is 0 Å². The van der Waals surface area contributed by atoms with Crippen LogP contribution in [-0.4, -0.2) is 5.91 Å². The number of carbonyl (C=O) groups excluding carboxylic acids is 1. The maximum atomic E-state index is 12.3. The van der Waals surface area contributed by atoms with Gasteiger partial charge in [-0.2, -0.15) is 0 Å². The molecule has 2 aromatic rings. The monoisotopic (exact) mass is 415 g/mol. The van der Waals surface area contributed by atoms with Gasteiger partial charge in [0, 0.05) is 14.0 Å². The van der Waals surface area contributed by atoms with Crippen LogP contribution in [0.4, 0.5) is 0 Å². The molecule has 0 radical (unpaired) electrons. The molecule has 1 unspecified atom stereocenters. The molecule has 2 aromatic carbocycles. The number of hydrogen-bond donors (Lipinski definition) is 1. The van der Waals surface area contributed by atoms with Crippen molar-refractivity contribution in [3.05, 3.63) is 67.6 Å². The number of benzene rings is 2. The topological polar surface area (TPSA) is 29.1 Å². The van der Waals surface area contributed by atoms with E-state index in [1.807, 2.05) is 43.3 Å². The van der Waals surface area contributed by atoms with Gasteiger partial charge in [0.15, 0.2) is 0 Å². The number of hydrogen-bond acceptors (Lipinski definition) is 1. The Balaban J connectivity index is 2.17. The fourth-order valence-corrected chi connectivity index (χ4v) is 2.79. The van der Waals surface area contributed by atoms with Crippen LogP contribution in [0.5, 0.6) is 0 Å². The van der Waals surface area contributed by atoms with Gasteiger partial charge in [0.25, 0.3) is 5.91 Å². The summed E-state index contributed by atoms with van der Waals surface area (Å²) in [5.41, 5.74) is 1.56. The fraction of sp³-hybridized carbons (Fsp3) is 0.133. The third kappa shape index (κ3) is 3.84. The molecule has 0 aromatic heterocycles. The minimum atomic E-state index is -0.134. The van der Waals surface area contributed by atoms with Crippen LogP contribution in [0.3, 0.4) is 0 Å². The van der Waals surface area contributed by atoms with E-state index in [4.69, 9.17) is 11.6 Å². The van der Waals surface area contributed by atoms with Crippen molar-refractivity contribution in [2.45, 2.75) is 13.0 Å². The highest BCUT2D eigenvalue weighted by atomic mass is 79.9. The average Bonchev–Trinajstić information content (AvgIpc) is 2.41. The molecule has 5 heteroatoms. The van der Waals surface area contributed by atoms with Crippen molar-refractivity contribution in [1.82, 2.24) is 5.32 Å². The molecular weight excluding hydrogens is 405 g/mol. The summed E-state index contributed by atoms with van der Waals surface area (Å²) < 4.78 is 1.62. The summed E-state index contributed by atoms with van der Waals surface area (Å²) >= 11 is 12.7. The first-order valence-electron chi connectivity index (χ1n) is 5.99. The molecule has 1 amide bonds. The second-order valence-electron chi connectivity index (χ2n) is 4.37. The van der Waals surface area contributed by atoms with Gasteiger partial charge >= 0.3 is 0 Å². The molecule has 0 bridgehead atoms. The first kappa shape index (κ1) is 15.5. The summed E-state index contributed by atoms with van der Waals surface area (Å²) in [7, 11) is 0. The number of halogens is 3. The van der Waals surface area contributed by atoms with E-state index < -0.39 is 0 Å². The summed E-state index contributed by atoms with van der Waals surface area (Å²) in [6.07, 6.45) is 0. The number of nitrogens with one attached hydrogen (secondary N) is 1. The normalized spacial score (nSPS) is 12.0. The number of amides is 1. The van der Waals surface area contributed by atoms with Crippen molar-refractivity contribution >= 4 is 49.4 Å². The molecule has 20 heavy (non-hydrogen) atoms. The average molecular weight is 418 g/mol. The molecule has 0 aliphatic heterocycles.